The lowest BCUT2D eigenvalue weighted by atomic mass is 10.2. The van der Waals surface area contributed by atoms with E-state index in [0.29, 0.717) is 12.0 Å². The van der Waals surface area contributed by atoms with Crippen molar-refractivity contribution in [3.8, 4) is 12.3 Å². The van der Waals surface area contributed by atoms with Crippen LogP contribution in [0, 0.1) is 12.3 Å². The molecule has 0 radical (unpaired) electrons. The molecule has 1 amide bonds. The number of carbonyl (C=O) groups is 1. The van der Waals surface area contributed by atoms with Crippen LogP contribution in [0.15, 0.2) is 18.7 Å². The van der Waals surface area contributed by atoms with Gasteiger partial charge in [-0.25, -0.2) is 9.97 Å². The van der Waals surface area contributed by atoms with Gasteiger partial charge in [-0.15, -0.1) is 12.3 Å². The number of aromatic nitrogens is 2. The summed E-state index contributed by atoms with van der Waals surface area (Å²) in [5.41, 5.74) is 0.441. The maximum Gasteiger partial charge on any atom is 0.254 e. The summed E-state index contributed by atoms with van der Waals surface area (Å²) in [5, 5.41) is 2.74. The van der Waals surface area contributed by atoms with E-state index < -0.39 is 0 Å². The Bertz CT molecular complexity index is 342. The lowest BCUT2D eigenvalue weighted by Crippen LogP contribution is -2.32. The van der Waals surface area contributed by atoms with E-state index in [1.54, 1.807) is 0 Å². The Morgan fingerprint density at radius 1 is 1.64 bits per heavy atom. The van der Waals surface area contributed by atoms with Gasteiger partial charge in [0, 0.05) is 24.9 Å². The molecule has 0 aromatic carbocycles. The summed E-state index contributed by atoms with van der Waals surface area (Å²) < 4.78 is 0. The molecule has 1 aromatic heterocycles. The lowest BCUT2D eigenvalue weighted by Gasteiger charge is -2.09. The fourth-order valence-corrected chi connectivity index (χ4v) is 0.951. The molecule has 1 heterocycles. The molecule has 0 bridgehead atoms. The molecule has 0 aliphatic rings. The lowest BCUT2D eigenvalue weighted by molar-refractivity contribution is 0.0940. The monoisotopic (exact) mass is 189 g/mol. The summed E-state index contributed by atoms with van der Waals surface area (Å²) in [6, 6.07) is -0.0345. The van der Waals surface area contributed by atoms with E-state index in [4.69, 9.17) is 6.42 Å². The molecule has 4 heteroatoms. The third kappa shape index (κ3) is 2.87. The molecule has 0 saturated heterocycles. The van der Waals surface area contributed by atoms with E-state index in [1.165, 1.54) is 18.7 Å². The molecule has 0 aliphatic carbocycles. The largest absolute Gasteiger partial charge is 0.349 e. The Labute approximate surface area is 82.8 Å². The van der Waals surface area contributed by atoms with E-state index >= 15 is 0 Å². The molecular formula is C10H11N3O. The van der Waals surface area contributed by atoms with Gasteiger partial charge in [0.2, 0.25) is 0 Å². The Kier molecular flexibility index (Phi) is 3.62. The van der Waals surface area contributed by atoms with Crippen LogP contribution in [0.25, 0.3) is 0 Å². The van der Waals surface area contributed by atoms with Crippen LogP contribution >= 0.6 is 0 Å². The minimum atomic E-state index is -0.201. The molecule has 0 aliphatic heterocycles. The van der Waals surface area contributed by atoms with Crippen molar-refractivity contribution in [1.29, 1.82) is 0 Å². The molecule has 0 spiro atoms. The quantitative estimate of drug-likeness (QED) is 0.709. The second kappa shape index (κ2) is 4.97. The van der Waals surface area contributed by atoms with Gasteiger partial charge < -0.3 is 5.32 Å². The summed E-state index contributed by atoms with van der Waals surface area (Å²) in [7, 11) is 0. The van der Waals surface area contributed by atoms with Gasteiger partial charge in [0.25, 0.3) is 5.91 Å². The van der Waals surface area contributed by atoms with Crippen LogP contribution in [0.2, 0.25) is 0 Å². The summed E-state index contributed by atoms with van der Waals surface area (Å²) in [4.78, 5) is 19.0. The minimum Gasteiger partial charge on any atom is -0.349 e. The minimum absolute atomic E-state index is 0.0345. The molecule has 1 N–H and O–H groups in total. The molecule has 4 nitrogen and oxygen atoms in total. The molecular weight excluding hydrogens is 178 g/mol. The number of terminal acetylenes is 1. The Balaban J connectivity index is 2.56. The Morgan fingerprint density at radius 3 is 2.86 bits per heavy atom. The number of carbonyl (C=O) groups excluding carboxylic acids is 1. The first kappa shape index (κ1) is 10.2. The highest BCUT2D eigenvalue weighted by Crippen LogP contribution is 1.95. The van der Waals surface area contributed by atoms with Crippen LogP contribution < -0.4 is 5.32 Å². The number of amides is 1. The van der Waals surface area contributed by atoms with Crippen LogP contribution in [-0.2, 0) is 0 Å². The van der Waals surface area contributed by atoms with Gasteiger partial charge in [-0.1, -0.05) is 0 Å². The van der Waals surface area contributed by atoms with Gasteiger partial charge in [0.05, 0.1) is 5.56 Å². The van der Waals surface area contributed by atoms with Gasteiger partial charge in [-0.05, 0) is 6.92 Å². The van der Waals surface area contributed by atoms with Gasteiger partial charge in [0.1, 0.15) is 6.33 Å². The third-order valence-electron chi connectivity index (χ3n) is 1.62. The van der Waals surface area contributed by atoms with Crippen molar-refractivity contribution in [3.63, 3.8) is 0 Å². The number of nitrogens with zero attached hydrogens (tertiary/aromatic N) is 2. The van der Waals surface area contributed by atoms with Crippen molar-refractivity contribution < 1.29 is 4.79 Å². The van der Waals surface area contributed by atoms with Crippen molar-refractivity contribution in [3.05, 3.63) is 24.3 Å². The highest BCUT2D eigenvalue weighted by molar-refractivity contribution is 5.93. The number of rotatable bonds is 3. The topological polar surface area (TPSA) is 54.9 Å². The zero-order valence-electron chi connectivity index (χ0n) is 7.90. The van der Waals surface area contributed by atoms with E-state index in [0.717, 1.165) is 0 Å². The smallest absolute Gasteiger partial charge is 0.254 e. The normalized spacial score (nSPS) is 11.4. The maximum absolute atomic E-state index is 11.5. The molecule has 0 saturated carbocycles. The molecule has 1 unspecified atom stereocenters. The first-order chi connectivity index (χ1) is 6.74. The fraction of sp³-hybridized carbons (Fsp3) is 0.300. The van der Waals surface area contributed by atoms with Crippen molar-refractivity contribution in [2.75, 3.05) is 0 Å². The molecule has 1 rings (SSSR count). The first-order valence-electron chi connectivity index (χ1n) is 4.23. The van der Waals surface area contributed by atoms with Crippen LogP contribution in [0.3, 0.4) is 0 Å². The summed E-state index contributed by atoms with van der Waals surface area (Å²) in [5.74, 6) is 2.28. The van der Waals surface area contributed by atoms with Crippen molar-refractivity contribution in [2.24, 2.45) is 0 Å². The van der Waals surface area contributed by atoms with Crippen LogP contribution in [-0.4, -0.2) is 21.9 Å². The molecule has 1 atom stereocenters. The number of hydrogen-bond donors (Lipinski definition) is 1. The highest BCUT2D eigenvalue weighted by Gasteiger charge is 2.08. The standard InChI is InChI=1S/C10H11N3O/c1-3-4-8(2)13-10(14)9-5-11-7-12-6-9/h1,5-8H,4H2,2H3,(H,13,14). The van der Waals surface area contributed by atoms with Crippen LogP contribution in [0.4, 0.5) is 0 Å². The van der Waals surface area contributed by atoms with Crippen molar-refractivity contribution in [1.82, 2.24) is 15.3 Å². The molecule has 0 fully saturated rings. The Morgan fingerprint density at radius 2 is 2.29 bits per heavy atom. The average Bonchev–Trinajstić information content (AvgIpc) is 2.19. The summed E-state index contributed by atoms with van der Waals surface area (Å²) in [6.45, 7) is 1.85. The number of hydrogen-bond acceptors (Lipinski definition) is 3. The Hall–Kier alpha value is -1.89. The first-order valence-corrected chi connectivity index (χ1v) is 4.23. The second-order valence-corrected chi connectivity index (χ2v) is 2.91. The zero-order chi connectivity index (χ0) is 10.4. The van der Waals surface area contributed by atoms with E-state index in [1.807, 2.05) is 6.92 Å². The fourth-order valence-electron chi connectivity index (χ4n) is 0.951. The SMILES string of the molecule is C#CCC(C)NC(=O)c1cncnc1. The summed E-state index contributed by atoms with van der Waals surface area (Å²) in [6.07, 6.45) is 9.93. The van der Waals surface area contributed by atoms with E-state index in [9.17, 15) is 4.79 Å². The maximum atomic E-state index is 11.5. The predicted molar refractivity (Wildman–Crippen MR) is 52.4 cm³/mol. The van der Waals surface area contributed by atoms with Gasteiger partial charge in [0.15, 0.2) is 0 Å². The van der Waals surface area contributed by atoms with Gasteiger partial charge in [-0.3, -0.25) is 4.79 Å². The zero-order valence-corrected chi connectivity index (χ0v) is 7.90. The second-order valence-electron chi connectivity index (χ2n) is 2.91. The van der Waals surface area contributed by atoms with Gasteiger partial charge >= 0.3 is 0 Å². The average molecular weight is 189 g/mol. The van der Waals surface area contributed by atoms with Crippen molar-refractivity contribution >= 4 is 5.91 Å². The molecule has 72 valence electrons. The molecule has 14 heavy (non-hydrogen) atoms. The molecule has 1 aromatic rings. The van der Waals surface area contributed by atoms with Crippen molar-refractivity contribution in [2.45, 2.75) is 19.4 Å². The van der Waals surface area contributed by atoms with Gasteiger partial charge in [-0.2, -0.15) is 0 Å². The third-order valence-corrected chi connectivity index (χ3v) is 1.62. The number of nitrogens with one attached hydrogen (secondary N) is 1. The predicted octanol–water partition coefficient (Wildman–Crippen LogP) is 0.618. The van der Waals surface area contributed by atoms with E-state index in [-0.39, 0.29) is 11.9 Å². The van der Waals surface area contributed by atoms with E-state index in [2.05, 4.69) is 21.2 Å². The summed E-state index contributed by atoms with van der Waals surface area (Å²) >= 11 is 0. The van der Waals surface area contributed by atoms with Crippen LogP contribution in [0.5, 0.6) is 0 Å². The highest BCUT2D eigenvalue weighted by atomic mass is 16.1. The van der Waals surface area contributed by atoms with Crippen LogP contribution in [0.1, 0.15) is 23.7 Å².